The summed E-state index contributed by atoms with van der Waals surface area (Å²) in [4.78, 5) is 13.2. The highest BCUT2D eigenvalue weighted by atomic mass is 16.3. The van der Waals surface area contributed by atoms with E-state index in [4.69, 9.17) is 11.5 Å². The van der Waals surface area contributed by atoms with Crippen LogP contribution in [0.3, 0.4) is 0 Å². The van der Waals surface area contributed by atoms with Crippen LogP contribution in [-0.2, 0) is 4.79 Å². The molecule has 0 saturated carbocycles. The molecule has 0 aliphatic heterocycles. The average Bonchev–Trinajstić information content (AvgIpc) is 2.19. The molecule has 0 unspecified atom stereocenters. The fourth-order valence-electron chi connectivity index (χ4n) is 1.07. The number of rotatable bonds is 7. The lowest BCUT2D eigenvalue weighted by atomic mass is 10.3. The minimum absolute atomic E-state index is 0.0243. The predicted octanol–water partition coefficient (Wildman–Crippen LogP) is -0.560. The maximum absolute atomic E-state index is 11.5. The highest BCUT2D eigenvalue weighted by molar-refractivity contribution is 5.78. The van der Waals surface area contributed by atoms with Crippen molar-refractivity contribution in [1.82, 2.24) is 10.2 Å². The van der Waals surface area contributed by atoms with Crippen molar-refractivity contribution in [1.29, 1.82) is 0 Å². The highest BCUT2D eigenvalue weighted by Gasteiger charge is 2.09. The summed E-state index contributed by atoms with van der Waals surface area (Å²) in [5.74, 6) is 2.43. The lowest BCUT2D eigenvalue weighted by Gasteiger charge is -2.20. The molecule has 0 bridgehead atoms. The number of carbonyl (C=O) groups excluding carboxylic acids is 1. The Balaban J connectivity index is 3.74. The molecule has 80 valence electrons. The van der Waals surface area contributed by atoms with E-state index >= 15 is 0 Å². The predicted molar refractivity (Wildman–Crippen MR) is 55.7 cm³/mol. The van der Waals surface area contributed by atoms with Crippen LogP contribution in [0.2, 0.25) is 0 Å². The first-order chi connectivity index (χ1) is 6.76. The van der Waals surface area contributed by atoms with E-state index in [1.54, 1.807) is 4.90 Å². The Kier molecular flexibility index (Phi) is 7.90. The van der Waals surface area contributed by atoms with Crippen LogP contribution >= 0.6 is 0 Å². The summed E-state index contributed by atoms with van der Waals surface area (Å²) >= 11 is 0. The minimum Gasteiger partial charge on any atom is -0.396 e. The van der Waals surface area contributed by atoms with Crippen molar-refractivity contribution in [3.8, 4) is 12.3 Å². The first kappa shape index (κ1) is 12.9. The summed E-state index contributed by atoms with van der Waals surface area (Å²) in [5, 5.41) is 11.5. The van der Waals surface area contributed by atoms with E-state index in [9.17, 15) is 4.79 Å². The first-order valence-corrected chi connectivity index (χ1v) is 4.79. The number of terminal acetylenes is 1. The number of hydrogen-bond acceptors (Lipinski definition) is 3. The summed E-state index contributed by atoms with van der Waals surface area (Å²) in [7, 11) is 0. The van der Waals surface area contributed by atoms with Crippen molar-refractivity contribution >= 4 is 5.91 Å². The fourth-order valence-corrected chi connectivity index (χ4v) is 1.07. The lowest BCUT2D eigenvalue weighted by molar-refractivity contribution is -0.130. The molecule has 0 atom stereocenters. The zero-order chi connectivity index (χ0) is 10.8. The molecule has 0 spiro atoms. The number of aliphatic hydroxyl groups is 1. The van der Waals surface area contributed by atoms with Crippen LogP contribution in [-0.4, -0.2) is 48.7 Å². The van der Waals surface area contributed by atoms with Crippen LogP contribution in [0.1, 0.15) is 13.3 Å². The maximum Gasteiger partial charge on any atom is 0.236 e. The van der Waals surface area contributed by atoms with Crippen molar-refractivity contribution in [2.24, 2.45) is 0 Å². The molecular formula is C10H18N2O2. The van der Waals surface area contributed by atoms with E-state index in [-0.39, 0.29) is 19.1 Å². The molecule has 0 fully saturated rings. The third-order valence-corrected chi connectivity index (χ3v) is 1.82. The van der Waals surface area contributed by atoms with Gasteiger partial charge in [0.1, 0.15) is 0 Å². The van der Waals surface area contributed by atoms with Gasteiger partial charge in [-0.15, -0.1) is 6.42 Å². The van der Waals surface area contributed by atoms with Crippen molar-refractivity contribution in [3.63, 3.8) is 0 Å². The Labute approximate surface area is 85.3 Å². The molecule has 14 heavy (non-hydrogen) atoms. The lowest BCUT2D eigenvalue weighted by Crippen LogP contribution is -2.39. The van der Waals surface area contributed by atoms with Gasteiger partial charge in [-0.25, -0.2) is 0 Å². The Hall–Kier alpha value is -1.05. The zero-order valence-corrected chi connectivity index (χ0v) is 8.62. The molecule has 4 nitrogen and oxygen atoms in total. The van der Waals surface area contributed by atoms with Gasteiger partial charge in [0.25, 0.3) is 0 Å². The summed E-state index contributed by atoms with van der Waals surface area (Å²) in [6.45, 7) is 3.96. The molecule has 0 aromatic carbocycles. The molecule has 4 heteroatoms. The number of nitrogens with zero attached hydrogens (tertiary/aromatic N) is 1. The fraction of sp³-hybridized carbons (Fsp3) is 0.700. The summed E-state index contributed by atoms with van der Waals surface area (Å²) in [6.07, 6.45) is 5.65. The molecule has 0 heterocycles. The SMILES string of the molecule is C#CCNCC(=O)N(CC)CCCO. The van der Waals surface area contributed by atoms with Gasteiger partial charge in [-0.2, -0.15) is 0 Å². The summed E-state index contributed by atoms with van der Waals surface area (Å²) in [6, 6.07) is 0. The van der Waals surface area contributed by atoms with Gasteiger partial charge in [-0.3, -0.25) is 10.1 Å². The van der Waals surface area contributed by atoms with Gasteiger partial charge < -0.3 is 10.0 Å². The van der Waals surface area contributed by atoms with E-state index in [1.165, 1.54) is 0 Å². The molecule has 0 rings (SSSR count). The first-order valence-electron chi connectivity index (χ1n) is 4.79. The van der Waals surface area contributed by atoms with E-state index in [1.807, 2.05) is 6.92 Å². The van der Waals surface area contributed by atoms with Gasteiger partial charge in [-0.05, 0) is 13.3 Å². The number of aliphatic hydroxyl groups excluding tert-OH is 1. The van der Waals surface area contributed by atoms with Gasteiger partial charge in [-0.1, -0.05) is 5.92 Å². The number of hydrogen-bond donors (Lipinski definition) is 2. The monoisotopic (exact) mass is 198 g/mol. The van der Waals surface area contributed by atoms with Crippen LogP contribution in [0.15, 0.2) is 0 Å². The van der Waals surface area contributed by atoms with Gasteiger partial charge in [0.2, 0.25) is 5.91 Å². The molecule has 0 aliphatic rings. The Morgan fingerprint density at radius 2 is 2.36 bits per heavy atom. The van der Waals surface area contributed by atoms with Crippen molar-refractivity contribution < 1.29 is 9.90 Å². The van der Waals surface area contributed by atoms with E-state index in [0.717, 1.165) is 0 Å². The Bertz CT molecular complexity index is 199. The molecule has 0 saturated heterocycles. The van der Waals surface area contributed by atoms with Crippen LogP contribution in [0, 0.1) is 12.3 Å². The molecule has 0 aromatic rings. The molecule has 1 amide bonds. The molecule has 0 aliphatic carbocycles. The second kappa shape index (κ2) is 8.54. The minimum atomic E-state index is 0.0243. The van der Waals surface area contributed by atoms with Gasteiger partial charge in [0, 0.05) is 19.7 Å². The third-order valence-electron chi connectivity index (χ3n) is 1.82. The highest BCUT2D eigenvalue weighted by Crippen LogP contribution is 1.91. The van der Waals surface area contributed by atoms with Crippen molar-refractivity contribution in [3.05, 3.63) is 0 Å². The van der Waals surface area contributed by atoms with Crippen LogP contribution in [0.5, 0.6) is 0 Å². The topological polar surface area (TPSA) is 52.6 Å². The maximum atomic E-state index is 11.5. The molecular weight excluding hydrogens is 180 g/mol. The summed E-state index contributed by atoms with van der Waals surface area (Å²) in [5.41, 5.74) is 0. The van der Waals surface area contributed by atoms with Crippen LogP contribution in [0.4, 0.5) is 0 Å². The van der Waals surface area contributed by atoms with Crippen LogP contribution < -0.4 is 5.32 Å². The largest absolute Gasteiger partial charge is 0.396 e. The van der Waals surface area contributed by atoms with Crippen molar-refractivity contribution in [2.45, 2.75) is 13.3 Å². The number of likely N-dealkylation sites (N-methyl/N-ethyl adjacent to an activating group) is 1. The van der Waals surface area contributed by atoms with E-state index in [0.29, 0.717) is 26.1 Å². The second-order valence-corrected chi connectivity index (χ2v) is 2.86. The number of nitrogens with one attached hydrogen (secondary N) is 1. The van der Waals surface area contributed by atoms with Gasteiger partial charge in [0.15, 0.2) is 0 Å². The molecule has 0 aromatic heterocycles. The Morgan fingerprint density at radius 3 is 2.86 bits per heavy atom. The van der Waals surface area contributed by atoms with E-state index < -0.39 is 0 Å². The smallest absolute Gasteiger partial charge is 0.236 e. The quantitative estimate of drug-likeness (QED) is 0.426. The average molecular weight is 198 g/mol. The Morgan fingerprint density at radius 1 is 1.64 bits per heavy atom. The molecule has 0 radical (unpaired) electrons. The van der Waals surface area contributed by atoms with Gasteiger partial charge >= 0.3 is 0 Å². The third kappa shape index (κ3) is 5.57. The van der Waals surface area contributed by atoms with Crippen LogP contribution in [0.25, 0.3) is 0 Å². The summed E-state index contributed by atoms with van der Waals surface area (Å²) < 4.78 is 0. The molecule has 2 N–H and O–H groups in total. The number of carbonyl (C=O) groups is 1. The zero-order valence-electron chi connectivity index (χ0n) is 8.62. The number of amides is 1. The van der Waals surface area contributed by atoms with Crippen molar-refractivity contribution in [2.75, 3.05) is 32.8 Å². The van der Waals surface area contributed by atoms with E-state index in [2.05, 4.69) is 11.2 Å². The van der Waals surface area contributed by atoms with Gasteiger partial charge in [0.05, 0.1) is 13.1 Å². The normalized spacial score (nSPS) is 9.50. The standard InChI is InChI=1S/C10H18N2O2/c1-3-6-11-9-10(14)12(4-2)7-5-8-13/h1,11,13H,4-9H2,2H3. The second-order valence-electron chi connectivity index (χ2n) is 2.86.